The van der Waals surface area contributed by atoms with Crippen molar-refractivity contribution in [2.24, 2.45) is 5.92 Å². The van der Waals surface area contributed by atoms with E-state index in [1.54, 1.807) is 14.2 Å². The highest BCUT2D eigenvalue weighted by atomic mass is 35.5. The van der Waals surface area contributed by atoms with Gasteiger partial charge < -0.3 is 14.3 Å². The zero-order valence-electron chi connectivity index (χ0n) is 7.90. The fourth-order valence-electron chi connectivity index (χ4n) is 1.81. The predicted octanol–water partition coefficient (Wildman–Crippen LogP) is 1.23. The topological polar surface area (TPSA) is 35.5 Å². The molecular formula is C9H15ClO3. The molecule has 4 unspecified atom stereocenters. The number of methoxy groups -OCH3 is 2. The number of hydrogen-bond donors (Lipinski definition) is 0. The van der Waals surface area contributed by atoms with Crippen LogP contribution in [0.1, 0.15) is 12.8 Å². The van der Waals surface area contributed by atoms with Crippen LogP contribution in [-0.2, 0) is 14.3 Å². The number of carbonyl (C=O) groups is 1. The van der Waals surface area contributed by atoms with E-state index in [4.69, 9.17) is 21.1 Å². The second-order valence-electron chi connectivity index (χ2n) is 3.30. The van der Waals surface area contributed by atoms with Crippen LogP contribution >= 0.6 is 11.6 Å². The van der Waals surface area contributed by atoms with E-state index >= 15 is 0 Å². The van der Waals surface area contributed by atoms with Crippen molar-refractivity contribution in [3.63, 3.8) is 0 Å². The summed E-state index contributed by atoms with van der Waals surface area (Å²) in [5.74, 6) is -0.0991. The smallest absolute Gasteiger partial charge is 0.124 e. The van der Waals surface area contributed by atoms with Crippen LogP contribution in [0.15, 0.2) is 0 Å². The third-order valence-corrected chi connectivity index (χ3v) is 3.20. The summed E-state index contributed by atoms with van der Waals surface area (Å²) in [6.45, 7) is 0. The Kier molecular flexibility index (Phi) is 4.16. The van der Waals surface area contributed by atoms with Gasteiger partial charge in [-0.25, -0.2) is 0 Å². The van der Waals surface area contributed by atoms with Crippen LogP contribution in [0.2, 0.25) is 0 Å². The third-order valence-electron chi connectivity index (χ3n) is 2.62. The van der Waals surface area contributed by atoms with Crippen LogP contribution in [-0.4, -0.2) is 38.1 Å². The predicted molar refractivity (Wildman–Crippen MR) is 50.0 cm³/mol. The number of rotatable bonds is 3. The third kappa shape index (κ3) is 2.22. The molecule has 0 aromatic rings. The molecule has 1 fully saturated rings. The summed E-state index contributed by atoms with van der Waals surface area (Å²) in [4.78, 5) is 10.6. The van der Waals surface area contributed by atoms with Gasteiger partial charge in [0.1, 0.15) is 12.4 Å². The first-order valence-electron chi connectivity index (χ1n) is 4.39. The van der Waals surface area contributed by atoms with Crippen LogP contribution in [0.3, 0.4) is 0 Å². The minimum atomic E-state index is -0.263. The number of carbonyl (C=O) groups excluding carboxylic acids is 1. The molecule has 0 aliphatic heterocycles. The van der Waals surface area contributed by atoms with Crippen molar-refractivity contribution in [3.05, 3.63) is 0 Å². The van der Waals surface area contributed by atoms with Crippen LogP contribution < -0.4 is 0 Å². The summed E-state index contributed by atoms with van der Waals surface area (Å²) in [6, 6.07) is 0. The van der Waals surface area contributed by atoms with Crippen molar-refractivity contribution in [2.45, 2.75) is 30.4 Å². The molecule has 1 saturated carbocycles. The molecule has 1 rings (SSSR count). The summed E-state index contributed by atoms with van der Waals surface area (Å²) in [5.41, 5.74) is 0. The van der Waals surface area contributed by atoms with E-state index in [0.717, 1.165) is 19.1 Å². The molecule has 4 heteroatoms. The molecular weight excluding hydrogens is 192 g/mol. The van der Waals surface area contributed by atoms with Gasteiger partial charge in [-0.05, 0) is 12.8 Å². The van der Waals surface area contributed by atoms with Crippen LogP contribution in [0.5, 0.6) is 0 Å². The van der Waals surface area contributed by atoms with Crippen molar-refractivity contribution < 1.29 is 14.3 Å². The molecule has 3 nitrogen and oxygen atoms in total. The fourth-order valence-corrected chi connectivity index (χ4v) is 2.26. The van der Waals surface area contributed by atoms with Crippen molar-refractivity contribution in [1.29, 1.82) is 0 Å². The molecule has 1 aliphatic rings. The summed E-state index contributed by atoms with van der Waals surface area (Å²) in [7, 11) is 3.24. The Morgan fingerprint density at radius 1 is 1.31 bits per heavy atom. The van der Waals surface area contributed by atoms with Gasteiger partial charge >= 0.3 is 0 Å². The van der Waals surface area contributed by atoms with E-state index in [9.17, 15) is 4.79 Å². The van der Waals surface area contributed by atoms with Gasteiger partial charge in [0.15, 0.2) is 0 Å². The number of halogens is 1. The number of ether oxygens (including phenoxy) is 2. The van der Waals surface area contributed by atoms with E-state index in [0.29, 0.717) is 0 Å². The van der Waals surface area contributed by atoms with E-state index < -0.39 is 0 Å². The number of aldehydes is 1. The Bertz CT molecular complexity index is 174. The minimum Gasteiger partial charge on any atom is -0.379 e. The lowest BCUT2D eigenvalue weighted by Gasteiger charge is -2.36. The molecule has 1 aliphatic carbocycles. The van der Waals surface area contributed by atoms with E-state index in [2.05, 4.69) is 0 Å². The van der Waals surface area contributed by atoms with Crippen molar-refractivity contribution in [3.8, 4) is 0 Å². The molecule has 0 bridgehead atoms. The van der Waals surface area contributed by atoms with Crippen molar-refractivity contribution in [2.75, 3.05) is 14.2 Å². The molecule has 0 radical (unpaired) electrons. The normalized spacial score (nSPS) is 40.2. The quantitative estimate of drug-likeness (QED) is 0.515. The van der Waals surface area contributed by atoms with E-state index in [-0.39, 0.29) is 23.5 Å². The molecule has 0 aromatic carbocycles. The van der Waals surface area contributed by atoms with Crippen molar-refractivity contribution >= 4 is 17.9 Å². The van der Waals surface area contributed by atoms with E-state index in [1.807, 2.05) is 0 Å². The minimum absolute atomic E-state index is 0.0173. The molecule has 76 valence electrons. The van der Waals surface area contributed by atoms with Crippen LogP contribution in [0, 0.1) is 5.92 Å². The molecule has 0 aromatic heterocycles. The lowest BCUT2D eigenvalue weighted by molar-refractivity contribution is -0.117. The molecule has 13 heavy (non-hydrogen) atoms. The average molecular weight is 207 g/mol. The van der Waals surface area contributed by atoms with Gasteiger partial charge in [0.2, 0.25) is 0 Å². The van der Waals surface area contributed by atoms with Crippen LogP contribution in [0.4, 0.5) is 0 Å². The first kappa shape index (κ1) is 11.0. The van der Waals surface area contributed by atoms with Gasteiger partial charge in [0.25, 0.3) is 0 Å². The van der Waals surface area contributed by atoms with Gasteiger partial charge in [-0.1, -0.05) is 0 Å². The van der Waals surface area contributed by atoms with Crippen molar-refractivity contribution in [1.82, 2.24) is 0 Å². The first-order valence-corrected chi connectivity index (χ1v) is 4.83. The molecule has 0 N–H and O–H groups in total. The maximum Gasteiger partial charge on any atom is 0.124 e. The highest BCUT2D eigenvalue weighted by Crippen LogP contribution is 2.31. The fraction of sp³-hybridized carbons (Fsp3) is 0.889. The second kappa shape index (κ2) is 4.94. The second-order valence-corrected chi connectivity index (χ2v) is 3.80. The average Bonchev–Trinajstić information content (AvgIpc) is 2.17. The molecule has 4 atom stereocenters. The lowest BCUT2D eigenvalue weighted by Crippen LogP contribution is -2.46. The summed E-state index contributed by atoms with van der Waals surface area (Å²) < 4.78 is 10.5. The SMILES string of the molecule is COC1CCC(C=O)C(Cl)C1OC. The monoisotopic (exact) mass is 206 g/mol. The standard InChI is InChI=1S/C9H15ClO3/c1-12-7-4-3-6(5-11)8(10)9(7)13-2/h5-9H,3-4H2,1-2H3. The van der Waals surface area contributed by atoms with Gasteiger partial charge in [-0.2, -0.15) is 0 Å². The molecule has 0 amide bonds. The Balaban J connectivity index is 2.65. The highest BCUT2D eigenvalue weighted by molar-refractivity contribution is 6.22. The molecule has 0 spiro atoms. The zero-order valence-corrected chi connectivity index (χ0v) is 8.66. The lowest BCUT2D eigenvalue weighted by atomic mass is 9.85. The van der Waals surface area contributed by atoms with Gasteiger partial charge in [0.05, 0.1) is 11.5 Å². The highest BCUT2D eigenvalue weighted by Gasteiger charge is 2.38. The first-order chi connectivity index (χ1) is 6.24. The molecule has 0 heterocycles. The van der Waals surface area contributed by atoms with Crippen LogP contribution in [0.25, 0.3) is 0 Å². The van der Waals surface area contributed by atoms with Gasteiger partial charge in [-0.15, -0.1) is 11.6 Å². The summed E-state index contributed by atoms with van der Waals surface area (Å²) in [6.07, 6.45) is 2.38. The van der Waals surface area contributed by atoms with E-state index in [1.165, 1.54) is 0 Å². The van der Waals surface area contributed by atoms with Gasteiger partial charge in [0, 0.05) is 20.1 Å². The Hall–Kier alpha value is -0.120. The number of alkyl halides is 1. The Labute approximate surface area is 83.3 Å². The number of hydrogen-bond acceptors (Lipinski definition) is 3. The summed E-state index contributed by atoms with van der Waals surface area (Å²) >= 11 is 6.09. The maximum absolute atomic E-state index is 10.6. The largest absolute Gasteiger partial charge is 0.379 e. The molecule has 0 saturated heterocycles. The summed E-state index contributed by atoms with van der Waals surface area (Å²) in [5, 5.41) is -0.263. The Morgan fingerprint density at radius 2 is 2.00 bits per heavy atom. The van der Waals surface area contributed by atoms with Gasteiger partial charge in [-0.3, -0.25) is 0 Å². The Morgan fingerprint density at radius 3 is 2.46 bits per heavy atom. The maximum atomic E-state index is 10.6. The zero-order chi connectivity index (χ0) is 9.84.